The van der Waals surface area contributed by atoms with Gasteiger partial charge in [-0.3, -0.25) is 14.6 Å². The number of pyridine rings is 1. The highest BCUT2D eigenvalue weighted by Gasteiger charge is 2.20. The van der Waals surface area contributed by atoms with Crippen molar-refractivity contribution in [1.29, 1.82) is 0 Å². The minimum Gasteiger partial charge on any atom is -0.368 e. The lowest BCUT2D eigenvalue weighted by atomic mass is 10.2. The predicted molar refractivity (Wildman–Crippen MR) is 103 cm³/mol. The first-order valence-electron chi connectivity index (χ1n) is 8.48. The molecule has 2 heterocycles. The molecule has 1 N–H and O–H groups in total. The summed E-state index contributed by atoms with van der Waals surface area (Å²) in [4.78, 5) is 32.1. The van der Waals surface area contributed by atoms with Crippen molar-refractivity contribution in [3.05, 3.63) is 52.8 Å². The maximum atomic E-state index is 12.5. The van der Waals surface area contributed by atoms with Crippen molar-refractivity contribution in [1.82, 2.24) is 9.88 Å². The number of nitrogens with zero attached hydrogens (tertiary/aromatic N) is 3. The van der Waals surface area contributed by atoms with Crippen molar-refractivity contribution in [2.24, 2.45) is 0 Å². The van der Waals surface area contributed by atoms with Crippen molar-refractivity contribution in [3.8, 4) is 0 Å². The Balaban J connectivity index is 1.69. The van der Waals surface area contributed by atoms with Crippen LogP contribution in [0.4, 0.5) is 11.4 Å². The van der Waals surface area contributed by atoms with Crippen molar-refractivity contribution < 1.29 is 9.59 Å². The molecule has 1 aliphatic heterocycles. The first-order chi connectivity index (χ1) is 12.4. The number of carbonyl (C=O) groups excluding carboxylic acids is 2. The van der Waals surface area contributed by atoms with Crippen molar-refractivity contribution in [3.63, 3.8) is 0 Å². The Hall–Kier alpha value is -2.60. The van der Waals surface area contributed by atoms with Gasteiger partial charge >= 0.3 is 0 Å². The smallest absolute Gasteiger partial charge is 0.274 e. The molecular formula is C19H21ClN4O2. The van der Waals surface area contributed by atoms with Gasteiger partial charge in [-0.1, -0.05) is 17.7 Å². The van der Waals surface area contributed by atoms with Crippen LogP contribution in [0.25, 0.3) is 0 Å². The third kappa shape index (κ3) is 4.14. The van der Waals surface area contributed by atoms with E-state index < -0.39 is 0 Å². The lowest BCUT2D eigenvalue weighted by Crippen LogP contribution is -2.48. The van der Waals surface area contributed by atoms with Crippen LogP contribution in [0.5, 0.6) is 0 Å². The molecule has 6 nitrogen and oxygen atoms in total. The van der Waals surface area contributed by atoms with Crippen molar-refractivity contribution >= 4 is 34.8 Å². The Morgan fingerprint density at radius 1 is 1.12 bits per heavy atom. The van der Waals surface area contributed by atoms with E-state index in [1.807, 2.05) is 30.0 Å². The summed E-state index contributed by atoms with van der Waals surface area (Å²) in [5.41, 5.74) is 2.85. The highest BCUT2D eigenvalue weighted by atomic mass is 35.5. The standard InChI is InChI=1S/C19H21ClN4O2/c1-13-3-4-15(11-17(13)20)22-19(26)18-12-16(5-6-21-18)24-9-7-23(8-10-24)14(2)25/h3-6,11-12H,7-10H2,1-2H3,(H,22,26). The van der Waals surface area contributed by atoms with Gasteiger partial charge in [-0.15, -0.1) is 0 Å². The first-order valence-corrected chi connectivity index (χ1v) is 8.86. The average Bonchev–Trinajstić information content (AvgIpc) is 2.65. The number of anilines is 2. The fourth-order valence-electron chi connectivity index (χ4n) is 2.89. The summed E-state index contributed by atoms with van der Waals surface area (Å²) < 4.78 is 0. The number of halogens is 1. The maximum Gasteiger partial charge on any atom is 0.274 e. The molecule has 1 fully saturated rings. The fourth-order valence-corrected chi connectivity index (χ4v) is 3.07. The van der Waals surface area contributed by atoms with Crippen LogP contribution in [0.3, 0.4) is 0 Å². The molecule has 2 amide bonds. The van der Waals surface area contributed by atoms with Crippen LogP contribution in [-0.2, 0) is 4.79 Å². The number of aryl methyl sites for hydroxylation is 1. The first kappa shape index (κ1) is 18.2. The van der Waals surface area contributed by atoms with E-state index in [9.17, 15) is 9.59 Å². The molecular weight excluding hydrogens is 352 g/mol. The minimum atomic E-state index is -0.283. The van der Waals surface area contributed by atoms with Gasteiger partial charge in [0.15, 0.2) is 0 Å². The summed E-state index contributed by atoms with van der Waals surface area (Å²) in [5.74, 6) is -0.189. The Morgan fingerprint density at radius 3 is 2.50 bits per heavy atom. The average molecular weight is 373 g/mol. The third-order valence-corrected chi connectivity index (χ3v) is 4.90. The Labute approximate surface area is 157 Å². The summed E-state index contributed by atoms with van der Waals surface area (Å²) >= 11 is 6.10. The molecule has 7 heteroatoms. The number of hydrogen-bond donors (Lipinski definition) is 1. The van der Waals surface area contributed by atoms with E-state index in [2.05, 4.69) is 15.2 Å². The molecule has 1 aromatic carbocycles. The fraction of sp³-hybridized carbons (Fsp3) is 0.316. The number of rotatable bonds is 3. The number of aromatic nitrogens is 1. The normalized spacial score (nSPS) is 14.3. The van der Waals surface area contributed by atoms with Gasteiger partial charge < -0.3 is 15.1 Å². The van der Waals surface area contributed by atoms with Gasteiger partial charge in [-0.2, -0.15) is 0 Å². The quantitative estimate of drug-likeness (QED) is 0.899. The molecule has 0 aliphatic carbocycles. The zero-order valence-corrected chi connectivity index (χ0v) is 15.6. The summed E-state index contributed by atoms with van der Waals surface area (Å²) in [6.07, 6.45) is 1.63. The molecule has 0 saturated carbocycles. The summed E-state index contributed by atoms with van der Waals surface area (Å²) in [5, 5.41) is 3.43. The Morgan fingerprint density at radius 2 is 1.85 bits per heavy atom. The van der Waals surface area contributed by atoms with Crippen LogP contribution in [0.1, 0.15) is 23.0 Å². The van der Waals surface area contributed by atoms with E-state index in [1.165, 1.54) is 0 Å². The molecule has 1 saturated heterocycles. The van der Waals surface area contributed by atoms with E-state index in [0.29, 0.717) is 29.5 Å². The zero-order valence-electron chi connectivity index (χ0n) is 14.8. The van der Waals surface area contributed by atoms with E-state index in [4.69, 9.17) is 11.6 Å². The molecule has 0 unspecified atom stereocenters. The van der Waals surface area contributed by atoms with Gasteiger partial charge in [-0.25, -0.2) is 0 Å². The SMILES string of the molecule is CC(=O)N1CCN(c2ccnc(C(=O)Nc3ccc(C)c(Cl)c3)c2)CC1. The molecule has 136 valence electrons. The Bertz CT molecular complexity index is 832. The van der Waals surface area contributed by atoms with Crippen LogP contribution in [0, 0.1) is 6.92 Å². The summed E-state index contributed by atoms with van der Waals surface area (Å²) in [6, 6.07) is 9.04. The van der Waals surface area contributed by atoms with E-state index in [-0.39, 0.29) is 11.8 Å². The third-order valence-electron chi connectivity index (χ3n) is 4.50. The molecule has 3 rings (SSSR count). The van der Waals surface area contributed by atoms with Crippen LogP contribution >= 0.6 is 11.6 Å². The summed E-state index contributed by atoms with van der Waals surface area (Å²) in [6.45, 7) is 6.32. The highest BCUT2D eigenvalue weighted by Crippen LogP contribution is 2.21. The van der Waals surface area contributed by atoms with Crippen LogP contribution in [-0.4, -0.2) is 47.9 Å². The van der Waals surface area contributed by atoms with Gasteiger partial charge in [0.25, 0.3) is 5.91 Å². The Kier molecular flexibility index (Phi) is 5.42. The second-order valence-electron chi connectivity index (χ2n) is 6.31. The number of benzene rings is 1. The zero-order chi connectivity index (χ0) is 18.7. The van der Waals surface area contributed by atoms with Crippen LogP contribution in [0.2, 0.25) is 5.02 Å². The molecule has 2 aromatic rings. The van der Waals surface area contributed by atoms with Crippen molar-refractivity contribution in [2.45, 2.75) is 13.8 Å². The highest BCUT2D eigenvalue weighted by molar-refractivity contribution is 6.31. The maximum absolute atomic E-state index is 12.5. The van der Waals surface area contributed by atoms with Gasteiger partial charge in [0.2, 0.25) is 5.91 Å². The number of hydrogen-bond acceptors (Lipinski definition) is 4. The topological polar surface area (TPSA) is 65.5 Å². The number of piperazine rings is 1. The number of carbonyl (C=O) groups is 2. The van der Waals surface area contributed by atoms with E-state index in [0.717, 1.165) is 24.3 Å². The monoisotopic (exact) mass is 372 g/mol. The van der Waals surface area contributed by atoms with E-state index >= 15 is 0 Å². The molecule has 0 atom stereocenters. The molecule has 0 radical (unpaired) electrons. The van der Waals surface area contributed by atoms with Crippen LogP contribution in [0.15, 0.2) is 36.5 Å². The molecule has 0 spiro atoms. The lowest BCUT2D eigenvalue weighted by molar-refractivity contribution is -0.129. The summed E-state index contributed by atoms with van der Waals surface area (Å²) in [7, 11) is 0. The molecule has 1 aliphatic rings. The number of nitrogens with one attached hydrogen (secondary N) is 1. The predicted octanol–water partition coefficient (Wildman–Crippen LogP) is 2.96. The van der Waals surface area contributed by atoms with Crippen molar-refractivity contribution in [2.75, 3.05) is 36.4 Å². The van der Waals surface area contributed by atoms with Gasteiger partial charge in [-0.05, 0) is 36.8 Å². The lowest BCUT2D eigenvalue weighted by Gasteiger charge is -2.35. The number of amides is 2. The second kappa shape index (κ2) is 7.74. The van der Waals surface area contributed by atoms with E-state index in [1.54, 1.807) is 25.3 Å². The van der Waals surface area contributed by atoms with Crippen LogP contribution < -0.4 is 10.2 Å². The molecule has 0 bridgehead atoms. The van der Waals surface area contributed by atoms with Gasteiger partial charge in [0, 0.05) is 55.7 Å². The molecule has 26 heavy (non-hydrogen) atoms. The largest absolute Gasteiger partial charge is 0.368 e. The van der Waals surface area contributed by atoms with Gasteiger partial charge in [0.05, 0.1) is 0 Å². The minimum absolute atomic E-state index is 0.0937. The van der Waals surface area contributed by atoms with Gasteiger partial charge in [0.1, 0.15) is 5.69 Å². The second-order valence-corrected chi connectivity index (χ2v) is 6.72. The molecule has 1 aromatic heterocycles.